The molecule has 0 radical (unpaired) electrons. The lowest BCUT2D eigenvalue weighted by atomic mass is 9.64. The number of nitrogens with zero attached hydrogens (tertiary/aromatic N) is 2. The minimum absolute atomic E-state index is 0.0622. The third kappa shape index (κ3) is 4.20. The Morgan fingerprint density at radius 1 is 0.692 bits per heavy atom. The highest BCUT2D eigenvalue weighted by molar-refractivity contribution is 7.25. The van der Waals surface area contributed by atoms with Crippen molar-refractivity contribution in [2.75, 3.05) is 0 Å². The van der Waals surface area contributed by atoms with Gasteiger partial charge >= 0.3 is 0 Å². The molecule has 0 amide bonds. The van der Waals surface area contributed by atoms with E-state index in [1.807, 2.05) is 17.5 Å². The predicted molar refractivity (Wildman–Crippen MR) is 169 cm³/mol. The van der Waals surface area contributed by atoms with E-state index in [2.05, 4.69) is 138 Å². The molecular formula is C36H36N2S. The molecule has 0 bridgehead atoms. The smallest absolute Gasteiger partial charge is 0.144 e. The van der Waals surface area contributed by atoms with Gasteiger partial charge in [0.05, 0.1) is 5.69 Å². The summed E-state index contributed by atoms with van der Waals surface area (Å²) < 4.78 is 4.97. The van der Waals surface area contributed by atoms with E-state index >= 15 is 0 Å². The lowest BCUT2D eigenvalue weighted by Gasteiger charge is -2.40. The van der Waals surface area contributed by atoms with Crippen LogP contribution in [0.5, 0.6) is 0 Å². The van der Waals surface area contributed by atoms with Crippen molar-refractivity contribution in [2.45, 2.75) is 53.9 Å². The fourth-order valence-electron chi connectivity index (χ4n) is 5.69. The van der Waals surface area contributed by atoms with Crippen LogP contribution in [0.4, 0.5) is 0 Å². The molecule has 0 aliphatic rings. The SMILES string of the molecule is Cc1cc(-c2ccccc2)cc(C)c1-n1ccnc1-c1cc2c(cc1C(C)(C)C(C)(C)C)sc1ccccc12. The van der Waals surface area contributed by atoms with Crippen LogP contribution < -0.4 is 0 Å². The third-order valence-electron chi connectivity index (χ3n) is 8.79. The number of benzene rings is 4. The number of aryl methyl sites for hydroxylation is 2. The summed E-state index contributed by atoms with van der Waals surface area (Å²) in [5.41, 5.74) is 8.72. The molecule has 0 aliphatic heterocycles. The zero-order valence-corrected chi connectivity index (χ0v) is 24.8. The van der Waals surface area contributed by atoms with E-state index in [4.69, 9.17) is 4.98 Å². The molecule has 2 aromatic heterocycles. The molecule has 2 nitrogen and oxygen atoms in total. The van der Waals surface area contributed by atoms with Crippen molar-refractivity contribution in [3.8, 4) is 28.2 Å². The second-order valence-corrected chi connectivity index (χ2v) is 13.4. The largest absolute Gasteiger partial charge is 0.299 e. The maximum Gasteiger partial charge on any atom is 0.144 e. The van der Waals surface area contributed by atoms with Gasteiger partial charge < -0.3 is 0 Å². The van der Waals surface area contributed by atoms with Crippen molar-refractivity contribution in [3.05, 3.63) is 108 Å². The van der Waals surface area contributed by atoms with Crippen LogP contribution in [0, 0.1) is 19.3 Å². The Morgan fingerprint density at radius 2 is 1.36 bits per heavy atom. The van der Waals surface area contributed by atoms with Gasteiger partial charge in [-0.2, -0.15) is 0 Å². The second kappa shape index (κ2) is 9.20. The van der Waals surface area contributed by atoms with Gasteiger partial charge in [-0.15, -0.1) is 11.3 Å². The van der Waals surface area contributed by atoms with E-state index in [1.165, 1.54) is 59.2 Å². The highest BCUT2D eigenvalue weighted by atomic mass is 32.1. The van der Waals surface area contributed by atoms with Crippen LogP contribution in [0.15, 0.2) is 91.3 Å². The molecule has 0 fully saturated rings. The molecule has 2 heterocycles. The number of imidazole rings is 1. The van der Waals surface area contributed by atoms with Crippen molar-refractivity contribution in [1.29, 1.82) is 0 Å². The maximum atomic E-state index is 5.02. The molecule has 0 unspecified atom stereocenters. The number of hydrogen-bond acceptors (Lipinski definition) is 2. The van der Waals surface area contributed by atoms with Crippen molar-refractivity contribution in [3.63, 3.8) is 0 Å². The van der Waals surface area contributed by atoms with Gasteiger partial charge in [0.15, 0.2) is 0 Å². The van der Waals surface area contributed by atoms with Crippen LogP contribution in [0.25, 0.3) is 48.4 Å². The Labute approximate surface area is 236 Å². The minimum atomic E-state index is -0.0786. The molecule has 0 saturated carbocycles. The average Bonchev–Trinajstić information content (AvgIpc) is 3.52. The first-order valence-electron chi connectivity index (χ1n) is 13.7. The Bertz CT molecular complexity index is 1800. The number of thiophene rings is 1. The number of hydrogen-bond donors (Lipinski definition) is 0. The van der Waals surface area contributed by atoms with Crippen molar-refractivity contribution < 1.29 is 0 Å². The van der Waals surface area contributed by atoms with Crippen molar-refractivity contribution in [2.24, 2.45) is 5.41 Å². The molecular weight excluding hydrogens is 492 g/mol. The van der Waals surface area contributed by atoms with Crippen molar-refractivity contribution in [1.82, 2.24) is 9.55 Å². The van der Waals surface area contributed by atoms with Crippen LogP contribution in [-0.4, -0.2) is 9.55 Å². The zero-order chi connectivity index (χ0) is 27.5. The van der Waals surface area contributed by atoms with E-state index in [0.29, 0.717) is 0 Å². The maximum absolute atomic E-state index is 5.02. The number of rotatable bonds is 4. The molecule has 0 atom stereocenters. The van der Waals surface area contributed by atoms with Crippen LogP contribution in [-0.2, 0) is 5.41 Å². The standard InChI is InChI=1S/C36H36N2S/c1-23-19-26(25-13-9-8-10-14-25)20-24(2)33(23)38-18-17-37-34(38)29-21-28-27-15-11-12-16-31(27)39-32(28)22-30(29)36(6,7)35(3,4)5/h8-22H,1-7H3. The first-order chi connectivity index (χ1) is 18.6. The van der Waals surface area contributed by atoms with Gasteiger partial charge in [0, 0.05) is 38.1 Å². The zero-order valence-electron chi connectivity index (χ0n) is 24.0. The average molecular weight is 529 g/mol. The molecule has 196 valence electrons. The fourth-order valence-corrected chi connectivity index (χ4v) is 6.82. The summed E-state index contributed by atoms with van der Waals surface area (Å²) in [6.07, 6.45) is 4.07. The first-order valence-corrected chi connectivity index (χ1v) is 14.5. The highest BCUT2D eigenvalue weighted by Crippen LogP contribution is 2.48. The van der Waals surface area contributed by atoms with E-state index in [-0.39, 0.29) is 10.8 Å². The monoisotopic (exact) mass is 528 g/mol. The number of fused-ring (bicyclic) bond motifs is 3. The van der Waals surface area contributed by atoms with Crippen LogP contribution in [0.2, 0.25) is 0 Å². The Balaban J connectivity index is 1.61. The third-order valence-corrected chi connectivity index (χ3v) is 9.92. The Kier molecular flexibility index (Phi) is 6.04. The second-order valence-electron chi connectivity index (χ2n) is 12.3. The van der Waals surface area contributed by atoms with Gasteiger partial charge in [-0.05, 0) is 82.8 Å². The minimum Gasteiger partial charge on any atom is -0.299 e. The topological polar surface area (TPSA) is 17.8 Å². The summed E-state index contributed by atoms with van der Waals surface area (Å²) in [5.74, 6) is 0.998. The Morgan fingerprint density at radius 3 is 2.05 bits per heavy atom. The summed E-state index contributed by atoms with van der Waals surface area (Å²) in [5, 5.41) is 2.62. The number of aromatic nitrogens is 2. The fraction of sp³-hybridized carbons (Fsp3) is 0.250. The van der Waals surface area contributed by atoms with Gasteiger partial charge in [-0.3, -0.25) is 4.57 Å². The lowest BCUT2D eigenvalue weighted by molar-refractivity contribution is 0.226. The van der Waals surface area contributed by atoms with E-state index in [0.717, 1.165) is 5.82 Å². The van der Waals surface area contributed by atoms with Gasteiger partial charge in [-0.1, -0.05) is 83.1 Å². The molecule has 0 spiro atoms. The molecule has 39 heavy (non-hydrogen) atoms. The summed E-state index contributed by atoms with van der Waals surface area (Å²) in [6.45, 7) is 16.2. The normalized spacial score (nSPS) is 12.5. The lowest BCUT2D eigenvalue weighted by Crippen LogP contribution is -2.34. The van der Waals surface area contributed by atoms with Crippen molar-refractivity contribution >= 4 is 31.5 Å². The van der Waals surface area contributed by atoms with Crippen LogP contribution >= 0.6 is 11.3 Å². The van der Waals surface area contributed by atoms with Crippen LogP contribution in [0.3, 0.4) is 0 Å². The van der Waals surface area contributed by atoms with E-state index in [9.17, 15) is 0 Å². The first kappa shape index (κ1) is 25.6. The highest BCUT2D eigenvalue weighted by Gasteiger charge is 2.37. The summed E-state index contributed by atoms with van der Waals surface area (Å²) in [7, 11) is 0. The van der Waals surface area contributed by atoms with Gasteiger partial charge in [-0.25, -0.2) is 4.98 Å². The molecule has 6 rings (SSSR count). The Hall–Kier alpha value is -3.69. The molecule has 0 aliphatic carbocycles. The van der Waals surface area contributed by atoms with Gasteiger partial charge in [0.25, 0.3) is 0 Å². The van der Waals surface area contributed by atoms with E-state index in [1.54, 1.807) is 0 Å². The molecule has 4 aromatic carbocycles. The van der Waals surface area contributed by atoms with Gasteiger partial charge in [0.1, 0.15) is 5.82 Å². The molecule has 0 saturated heterocycles. The molecule has 0 N–H and O–H groups in total. The molecule has 3 heteroatoms. The van der Waals surface area contributed by atoms with E-state index < -0.39 is 0 Å². The summed E-state index contributed by atoms with van der Waals surface area (Å²) in [4.78, 5) is 5.02. The van der Waals surface area contributed by atoms with Gasteiger partial charge in [0.2, 0.25) is 0 Å². The summed E-state index contributed by atoms with van der Waals surface area (Å²) >= 11 is 1.89. The summed E-state index contributed by atoms with van der Waals surface area (Å²) in [6, 6.07) is 28.8. The quantitative estimate of drug-likeness (QED) is 0.222. The molecule has 6 aromatic rings. The van der Waals surface area contributed by atoms with Crippen LogP contribution in [0.1, 0.15) is 51.3 Å². The predicted octanol–water partition coefficient (Wildman–Crippen LogP) is 10.5.